The number of methoxy groups -OCH3 is 1. The summed E-state index contributed by atoms with van der Waals surface area (Å²) in [5, 5.41) is 3.37. The Balaban J connectivity index is 2.07. The van der Waals surface area contributed by atoms with Crippen molar-refractivity contribution in [2.75, 3.05) is 45.4 Å². The second kappa shape index (κ2) is 6.02. The molecule has 1 atom stereocenters. The van der Waals surface area contributed by atoms with Crippen molar-refractivity contribution in [2.24, 2.45) is 0 Å². The maximum absolute atomic E-state index is 13.3. The largest absolute Gasteiger partial charge is 0.495 e. The Bertz CT molecular complexity index is 395. The van der Waals surface area contributed by atoms with E-state index in [1.54, 1.807) is 13.2 Å². The molecule has 0 aliphatic carbocycles. The third-order valence-corrected chi connectivity index (χ3v) is 3.04. The van der Waals surface area contributed by atoms with Crippen LogP contribution in [-0.4, -0.2) is 46.5 Å². The Kier molecular flexibility index (Phi) is 4.38. The average molecular weight is 254 g/mol. The first kappa shape index (κ1) is 13.1. The fourth-order valence-corrected chi connectivity index (χ4v) is 2.13. The Morgan fingerprint density at radius 2 is 2.39 bits per heavy atom. The quantitative estimate of drug-likeness (QED) is 0.877. The molecule has 1 aromatic rings. The van der Waals surface area contributed by atoms with Crippen molar-refractivity contribution in [3.8, 4) is 5.75 Å². The van der Waals surface area contributed by atoms with Crippen LogP contribution in [0.15, 0.2) is 18.2 Å². The molecule has 1 aliphatic rings. The predicted molar refractivity (Wildman–Crippen MR) is 68.8 cm³/mol. The van der Waals surface area contributed by atoms with Crippen LogP contribution in [0, 0.1) is 5.82 Å². The van der Waals surface area contributed by atoms with Gasteiger partial charge in [-0.05, 0) is 12.1 Å². The Morgan fingerprint density at radius 3 is 3.06 bits per heavy atom. The van der Waals surface area contributed by atoms with Crippen LogP contribution < -0.4 is 15.0 Å². The summed E-state index contributed by atoms with van der Waals surface area (Å²) in [5.41, 5.74) is 0.755. The molecule has 1 N–H and O–H groups in total. The second-order valence-corrected chi connectivity index (χ2v) is 4.42. The fourth-order valence-electron chi connectivity index (χ4n) is 2.13. The van der Waals surface area contributed by atoms with Crippen molar-refractivity contribution >= 4 is 5.69 Å². The Morgan fingerprint density at radius 1 is 1.56 bits per heavy atom. The zero-order valence-electron chi connectivity index (χ0n) is 10.8. The van der Waals surface area contributed by atoms with E-state index in [0.717, 1.165) is 25.4 Å². The molecule has 1 heterocycles. The first-order valence-corrected chi connectivity index (χ1v) is 6.06. The lowest BCUT2D eigenvalue weighted by Gasteiger charge is -2.30. The monoisotopic (exact) mass is 254 g/mol. The Labute approximate surface area is 107 Å². The molecule has 1 unspecified atom stereocenters. The minimum atomic E-state index is -0.259. The number of hydrogen-bond acceptors (Lipinski definition) is 4. The number of rotatable bonds is 4. The van der Waals surface area contributed by atoms with Gasteiger partial charge < -0.3 is 19.7 Å². The molecular weight excluding hydrogens is 235 g/mol. The van der Waals surface area contributed by atoms with Gasteiger partial charge in [0.1, 0.15) is 11.6 Å². The number of hydrogen-bond donors (Lipinski definition) is 1. The third kappa shape index (κ3) is 3.11. The number of benzene rings is 1. The maximum atomic E-state index is 13.3. The Hall–Kier alpha value is -1.33. The van der Waals surface area contributed by atoms with Crippen LogP contribution in [-0.2, 0) is 4.74 Å². The molecule has 0 amide bonds. The third-order valence-electron chi connectivity index (χ3n) is 3.04. The van der Waals surface area contributed by atoms with E-state index in [-0.39, 0.29) is 11.9 Å². The van der Waals surface area contributed by atoms with E-state index in [1.807, 2.05) is 11.9 Å². The van der Waals surface area contributed by atoms with Crippen LogP contribution in [0.25, 0.3) is 0 Å². The molecular formula is C13H19FN2O2. The van der Waals surface area contributed by atoms with Crippen LogP contribution in [0.2, 0.25) is 0 Å². The van der Waals surface area contributed by atoms with Gasteiger partial charge in [-0.2, -0.15) is 0 Å². The highest BCUT2D eigenvalue weighted by atomic mass is 19.1. The van der Waals surface area contributed by atoms with E-state index in [4.69, 9.17) is 9.47 Å². The molecule has 100 valence electrons. The van der Waals surface area contributed by atoms with E-state index in [9.17, 15) is 4.39 Å². The van der Waals surface area contributed by atoms with Gasteiger partial charge in [0.2, 0.25) is 0 Å². The molecule has 0 spiro atoms. The van der Waals surface area contributed by atoms with Crippen molar-refractivity contribution < 1.29 is 13.9 Å². The maximum Gasteiger partial charge on any atom is 0.142 e. The minimum Gasteiger partial charge on any atom is -0.495 e. The lowest BCUT2D eigenvalue weighted by molar-refractivity contribution is 0.0791. The summed E-state index contributed by atoms with van der Waals surface area (Å²) in [7, 11) is 3.51. The predicted octanol–water partition coefficient (Wildman–Crippen LogP) is 1.26. The molecule has 1 saturated heterocycles. The van der Waals surface area contributed by atoms with Crippen LogP contribution in [0.5, 0.6) is 5.75 Å². The zero-order chi connectivity index (χ0) is 13.0. The average Bonchev–Trinajstić information content (AvgIpc) is 2.40. The first-order chi connectivity index (χ1) is 8.70. The highest BCUT2D eigenvalue weighted by molar-refractivity contribution is 5.58. The van der Waals surface area contributed by atoms with Crippen molar-refractivity contribution in [3.05, 3.63) is 24.0 Å². The van der Waals surface area contributed by atoms with E-state index in [0.29, 0.717) is 12.4 Å². The second-order valence-electron chi connectivity index (χ2n) is 4.42. The number of morpholine rings is 1. The van der Waals surface area contributed by atoms with Gasteiger partial charge in [0.25, 0.3) is 0 Å². The van der Waals surface area contributed by atoms with E-state index in [1.165, 1.54) is 12.1 Å². The van der Waals surface area contributed by atoms with Gasteiger partial charge in [-0.15, -0.1) is 0 Å². The molecule has 1 aromatic carbocycles. The SMILES string of the molecule is COc1ccc(F)cc1N(C)CC1COCCN1. The van der Waals surface area contributed by atoms with Crippen LogP contribution in [0.4, 0.5) is 10.1 Å². The smallest absolute Gasteiger partial charge is 0.142 e. The lowest BCUT2D eigenvalue weighted by Crippen LogP contribution is -2.47. The zero-order valence-corrected chi connectivity index (χ0v) is 10.8. The van der Waals surface area contributed by atoms with Crippen LogP contribution in [0.1, 0.15) is 0 Å². The van der Waals surface area contributed by atoms with Gasteiger partial charge in [-0.25, -0.2) is 4.39 Å². The van der Waals surface area contributed by atoms with Gasteiger partial charge in [-0.1, -0.05) is 0 Å². The van der Waals surface area contributed by atoms with Crippen molar-refractivity contribution in [2.45, 2.75) is 6.04 Å². The molecule has 4 nitrogen and oxygen atoms in total. The number of anilines is 1. The highest BCUT2D eigenvalue weighted by Crippen LogP contribution is 2.28. The van der Waals surface area contributed by atoms with Crippen LogP contribution >= 0.6 is 0 Å². The molecule has 0 saturated carbocycles. The summed E-state index contributed by atoms with van der Waals surface area (Å²) < 4.78 is 24.0. The summed E-state index contributed by atoms with van der Waals surface area (Å²) in [6, 6.07) is 4.80. The molecule has 0 bridgehead atoms. The molecule has 0 aromatic heterocycles. The molecule has 18 heavy (non-hydrogen) atoms. The van der Waals surface area contributed by atoms with Crippen molar-refractivity contribution in [1.82, 2.24) is 5.32 Å². The van der Waals surface area contributed by atoms with Gasteiger partial charge in [0.05, 0.1) is 26.0 Å². The fraction of sp³-hybridized carbons (Fsp3) is 0.538. The number of halogens is 1. The minimum absolute atomic E-state index is 0.259. The van der Waals surface area contributed by atoms with E-state index < -0.39 is 0 Å². The van der Waals surface area contributed by atoms with Crippen molar-refractivity contribution in [3.63, 3.8) is 0 Å². The van der Waals surface area contributed by atoms with Gasteiger partial charge in [0, 0.05) is 32.2 Å². The number of likely N-dealkylation sites (N-methyl/N-ethyl adjacent to an activating group) is 1. The van der Waals surface area contributed by atoms with Gasteiger partial charge >= 0.3 is 0 Å². The highest BCUT2D eigenvalue weighted by Gasteiger charge is 2.17. The molecule has 5 heteroatoms. The van der Waals surface area contributed by atoms with E-state index in [2.05, 4.69) is 5.32 Å². The normalized spacial score (nSPS) is 19.6. The molecule has 2 rings (SSSR count). The summed E-state index contributed by atoms with van der Waals surface area (Å²) in [5.74, 6) is 0.418. The summed E-state index contributed by atoms with van der Waals surface area (Å²) in [6.07, 6.45) is 0. The number of nitrogens with zero attached hydrogens (tertiary/aromatic N) is 1. The molecule has 0 radical (unpaired) electrons. The van der Waals surface area contributed by atoms with Gasteiger partial charge in [0.15, 0.2) is 0 Å². The lowest BCUT2D eigenvalue weighted by atomic mass is 10.2. The summed E-state index contributed by atoms with van der Waals surface area (Å²) >= 11 is 0. The summed E-state index contributed by atoms with van der Waals surface area (Å²) in [4.78, 5) is 1.98. The molecule has 1 fully saturated rings. The summed E-state index contributed by atoms with van der Waals surface area (Å²) in [6.45, 7) is 3.05. The van der Waals surface area contributed by atoms with E-state index >= 15 is 0 Å². The van der Waals surface area contributed by atoms with Crippen LogP contribution in [0.3, 0.4) is 0 Å². The molecule has 1 aliphatic heterocycles. The number of ether oxygens (including phenoxy) is 2. The topological polar surface area (TPSA) is 33.7 Å². The van der Waals surface area contributed by atoms with Gasteiger partial charge in [-0.3, -0.25) is 0 Å². The first-order valence-electron chi connectivity index (χ1n) is 6.06. The number of nitrogens with one attached hydrogen (secondary N) is 1. The van der Waals surface area contributed by atoms with Crippen molar-refractivity contribution in [1.29, 1.82) is 0 Å². The standard InChI is InChI=1S/C13H19FN2O2/c1-16(8-11-9-18-6-5-15-11)12-7-10(14)3-4-13(12)17-2/h3-4,7,11,15H,5-6,8-9H2,1-2H3.